The van der Waals surface area contributed by atoms with Crippen molar-refractivity contribution < 1.29 is 23.6 Å². The zero-order valence-electron chi connectivity index (χ0n) is 14.7. The van der Waals surface area contributed by atoms with Gasteiger partial charge in [0, 0.05) is 18.8 Å². The fourth-order valence-corrected chi connectivity index (χ4v) is 3.61. The number of carbonyl (C=O) groups excluding carboxylic acids is 1. The van der Waals surface area contributed by atoms with Crippen LogP contribution in [0.15, 0.2) is 12.1 Å². The number of rotatable bonds is 4. The summed E-state index contributed by atoms with van der Waals surface area (Å²) in [4.78, 5) is 12.1. The molecule has 11 heteroatoms. The van der Waals surface area contributed by atoms with Crippen LogP contribution >= 0.6 is 0 Å². The van der Waals surface area contributed by atoms with Crippen molar-refractivity contribution in [2.45, 2.75) is 18.7 Å². The van der Waals surface area contributed by atoms with Crippen LogP contribution in [0.25, 0.3) is 0 Å². The summed E-state index contributed by atoms with van der Waals surface area (Å²) in [7, 11) is -1.09. The standard InChI is InChI=1S/C17H17BFN5O4/c19-13-11(2-1-8-5-18(26)28-15(8)13)22-17-12(16(21)25)14(23-24-17)10-7-27-4-3-9(10)6-20/h1-2,9-10,26H,3-5,7H2,(H2,21,25)(H2,22,23,24)/t9-,10+/m0/s1. The molecule has 9 nitrogen and oxygen atoms in total. The first-order valence-corrected chi connectivity index (χ1v) is 8.78. The normalized spacial score (nSPS) is 21.0. The molecule has 0 radical (unpaired) electrons. The van der Waals surface area contributed by atoms with Crippen LogP contribution in [0.4, 0.5) is 15.9 Å². The molecule has 0 aliphatic carbocycles. The number of aromatic nitrogens is 2. The average molecular weight is 385 g/mol. The first-order valence-electron chi connectivity index (χ1n) is 8.78. The summed E-state index contributed by atoms with van der Waals surface area (Å²) in [6.45, 7) is 0.713. The highest BCUT2D eigenvalue weighted by Gasteiger charge is 2.34. The van der Waals surface area contributed by atoms with E-state index in [1.54, 1.807) is 6.07 Å². The van der Waals surface area contributed by atoms with E-state index in [9.17, 15) is 19.5 Å². The van der Waals surface area contributed by atoms with E-state index in [0.717, 1.165) is 0 Å². The van der Waals surface area contributed by atoms with E-state index in [2.05, 4.69) is 21.6 Å². The predicted octanol–water partition coefficient (Wildman–Crippen LogP) is 0.990. The second kappa shape index (κ2) is 7.14. The van der Waals surface area contributed by atoms with Gasteiger partial charge in [0.25, 0.3) is 5.91 Å². The number of hydrogen-bond acceptors (Lipinski definition) is 7. The van der Waals surface area contributed by atoms with Gasteiger partial charge in [0.1, 0.15) is 11.3 Å². The van der Waals surface area contributed by atoms with Gasteiger partial charge in [0.05, 0.1) is 30.0 Å². The third-order valence-electron chi connectivity index (χ3n) is 5.01. The largest absolute Gasteiger partial charge is 0.534 e. The van der Waals surface area contributed by atoms with E-state index in [-0.39, 0.29) is 41.7 Å². The number of aromatic amines is 1. The van der Waals surface area contributed by atoms with Crippen molar-refractivity contribution in [2.75, 3.05) is 18.5 Å². The smallest absolute Gasteiger partial charge is 0.527 e. The number of anilines is 2. The van der Waals surface area contributed by atoms with E-state index in [0.29, 0.717) is 24.3 Å². The molecule has 1 fully saturated rings. The molecule has 3 heterocycles. The number of nitriles is 1. The van der Waals surface area contributed by atoms with Gasteiger partial charge in [-0.25, -0.2) is 4.39 Å². The van der Waals surface area contributed by atoms with Crippen molar-refractivity contribution in [1.29, 1.82) is 5.26 Å². The molecular formula is C17H17BFN5O4. The van der Waals surface area contributed by atoms with E-state index < -0.39 is 24.8 Å². The lowest BCUT2D eigenvalue weighted by Gasteiger charge is -2.26. The fraction of sp³-hybridized carbons (Fsp3) is 0.353. The minimum absolute atomic E-state index is 0.0186. The highest BCUT2D eigenvalue weighted by atomic mass is 19.1. The Morgan fingerprint density at radius 2 is 2.36 bits per heavy atom. The molecule has 2 aliphatic rings. The number of nitrogens with one attached hydrogen (secondary N) is 2. The molecule has 0 bridgehead atoms. The summed E-state index contributed by atoms with van der Waals surface area (Å²) in [5.41, 5.74) is 6.54. The molecular weight excluding hydrogens is 368 g/mol. The Kier molecular flexibility index (Phi) is 4.66. The molecule has 0 unspecified atom stereocenters. The fourth-order valence-electron chi connectivity index (χ4n) is 3.61. The van der Waals surface area contributed by atoms with Crippen LogP contribution in [-0.4, -0.2) is 41.5 Å². The molecule has 0 saturated carbocycles. The van der Waals surface area contributed by atoms with Gasteiger partial charge in [-0.15, -0.1) is 0 Å². The second-order valence-electron chi connectivity index (χ2n) is 6.75. The Labute approximate surface area is 159 Å². The van der Waals surface area contributed by atoms with Crippen molar-refractivity contribution in [3.05, 3.63) is 34.8 Å². The van der Waals surface area contributed by atoms with Gasteiger partial charge in [-0.05, 0) is 18.1 Å². The van der Waals surface area contributed by atoms with E-state index in [1.807, 2.05) is 0 Å². The number of benzene rings is 1. The van der Waals surface area contributed by atoms with Crippen LogP contribution in [0.2, 0.25) is 0 Å². The van der Waals surface area contributed by atoms with Gasteiger partial charge >= 0.3 is 7.12 Å². The summed E-state index contributed by atoms with van der Waals surface area (Å²) in [5.74, 6) is -2.22. The predicted molar refractivity (Wildman–Crippen MR) is 96.4 cm³/mol. The maximum Gasteiger partial charge on any atom is 0.527 e. The van der Waals surface area contributed by atoms with E-state index in [4.69, 9.17) is 15.1 Å². The van der Waals surface area contributed by atoms with Crippen molar-refractivity contribution in [1.82, 2.24) is 10.2 Å². The minimum Gasteiger partial charge on any atom is -0.534 e. The number of halogens is 1. The molecule has 5 N–H and O–H groups in total. The second-order valence-corrected chi connectivity index (χ2v) is 6.75. The monoisotopic (exact) mass is 385 g/mol. The molecule has 1 aromatic carbocycles. The van der Waals surface area contributed by atoms with Crippen molar-refractivity contribution in [3.8, 4) is 11.8 Å². The highest BCUT2D eigenvalue weighted by molar-refractivity contribution is 6.44. The molecule has 2 aromatic rings. The number of fused-ring (bicyclic) bond motifs is 1. The minimum atomic E-state index is -1.09. The molecule has 144 valence electrons. The quantitative estimate of drug-likeness (QED) is 0.574. The number of H-pyrrole nitrogens is 1. The maximum atomic E-state index is 14.7. The Morgan fingerprint density at radius 1 is 1.54 bits per heavy atom. The van der Waals surface area contributed by atoms with Crippen LogP contribution in [0.3, 0.4) is 0 Å². The zero-order chi connectivity index (χ0) is 19.8. The Balaban J connectivity index is 1.69. The first kappa shape index (κ1) is 18.3. The lowest BCUT2D eigenvalue weighted by atomic mass is 9.85. The molecule has 2 aliphatic heterocycles. The van der Waals surface area contributed by atoms with Gasteiger partial charge < -0.3 is 25.5 Å². The molecule has 4 rings (SSSR count). The lowest BCUT2D eigenvalue weighted by Crippen LogP contribution is -2.27. The topological polar surface area (TPSA) is 146 Å². The number of primary amides is 1. The van der Waals surface area contributed by atoms with Crippen LogP contribution in [0.5, 0.6) is 5.75 Å². The zero-order valence-corrected chi connectivity index (χ0v) is 14.7. The van der Waals surface area contributed by atoms with Gasteiger partial charge in [-0.2, -0.15) is 10.4 Å². The summed E-state index contributed by atoms with van der Waals surface area (Å²) in [5, 5.41) is 28.5. The number of nitrogens with two attached hydrogens (primary N) is 1. The summed E-state index contributed by atoms with van der Waals surface area (Å²) >= 11 is 0. The Hall–Kier alpha value is -3.10. The van der Waals surface area contributed by atoms with Gasteiger partial charge in [0.2, 0.25) is 0 Å². The van der Waals surface area contributed by atoms with Crippen molar-refractivity contribution in [2.24, 2.45) is 11.7 Å². The molecule has 2 atom stereocenters. The average Bonchev–Trinajstić information content (AvgIpc) is 3.27. The van der Waals surface area contributed by atoms with Crippen LogP contribution in [-0.2, 0) is 11.1 Å². The van der Waals surface area contributed by atoms with Crippen LogP contribution in [0.1, 0.15) is 34.0 Å². The van der Waals surface area contributed by atoms with Gasteiger partial charge in [-0.3, -0.25) is 9.89 Å². The molecule has 1 amide bonds. The van der Waals surface area contributed by atoms with Crippen LogP contribution in [0, 0.1) is 23.1 Å². The van der Waals surface area contributed by atoms with Crippen molar-refractivity contribution in [3.63, 3.8) is 0 Å². The number of nitrogens with zero attached hydrogens (tertiary/aromatic N) is 2. The highest BCUT2D eigenvalue weighted by Crippen LogP contribution is 2.37. The van der Waals surface area contributed by atoms with E-state index in [1.165, 1.54) is 6.07 Å². The molecule has 28 heavy (non-hydrogen) atoms. The number of ether oxygens (including phenoxy) is 1. The number of carbonyl (C=O) groups is 1. The van der Waals surface area contributed by atoms with Gasteiger partial charge in [-0.1, -0.05) is 6.07 Å². The summed E-state index contributed by atoms with van der Waals surface area (Å²) in [6.07, 6.45) is 0.725. The SMILES string of the molecule is N#C[C@@H]1CCOC[C@H]1c1[nH]nc(Nc2ccc3c(c2F)OB(O)C3)c1C(N)=O. The third-order valence-corrected chi connectivity index (χ3v) is 5.01. The Morgan fingerprint density at radius 3 is 3.11 bits per heavy atom. The van der Waals surface area contributed by atoms with E-state index >= 15 is 0 Å². The summed E-state index contributed by atoms with van der Waals surface area (Å²) in [6, 6.07) is 5.31. The third kappa shape index (κ3) is 3.06. The Bertz CT molecular complexity index is 975. The van der Waals surface area contributed by atoms with Crippen LogP contribution < -0.4 is 15.7 Å². The molecule has 1 aromatic heterocycles. The van der Waals surface area contributed by atoms with Crippen molar-refractivity contribution >= 4 is 24.5 Å². The maximum absolute atomic E-state index is 14.7. The molecule has 1 saturated heterocycles. The summed E-state index contributed by atoms with van der Waals surface area (Å²) < 4.78 is 25.3. The number of hydrogen-bond donors (Lipinski definition) is 4. The lowest BCUT2D eigenvalue weighted by molar-refractivity contribution is 0.0602. The van der Waals surface area contributed by atoms with Gasteiger partial charge in [0.15, 0.2) is 11.6 Å². The molecule has 0 spiro atoms. The number of amides is 1. The first-order chi connectivity index (χ1) is 13.5.